The maximum atomic E-state index is 5.72. The molecule has 10 nitrogen and oxygen atoms in total. The Hall–Kier alpha value is -0.820. The van der Waals surface area contributed by atoms with Crippen molar-refractivity contribution in [3.63, 3.8) is 0 Å². The highest BCUT2D eigenvalue weighted by atomic mass is 16.7. The van der Waals surface area contributed by atoms with E-state index in [1.807, 2.05) is 0 Å². The quantitative estimate of drug-likeness (QED) is 0.139. The summed E-state index contributed by atoms with van der Waals surface area (Å²) in [6.45, 7) is 92.9. The number of allylic oxidation sites excluding steroid dienone is 1. The van der Waals surface area contributed by atoms with Crippen LogP contribution in [0, 0.1) is 71.4 Å². The molecule has 10 heteroatoms. The lowest BCUT2D eigenvalue weighted by Crippen LogP contribution is -2.29. The van der Waals surface area contributed by atoms with E-state index in [1.54, 1.807) is 28.4 Å². The van der Waals surface area contributed by atoms with Crippen LogP contribution in [0.25, 0.3) is 0 Å². The van der Waals surface area contributed by atoms with Crippen LogP contribution in [0.15, 0.2) is 12.3 Å². The van der Waals surface area contributed by atoms with Gasteiger partial charge >= 0.3 is 0 Å². The van der Waals surface area contributed by atoms with Crippen molar-refractivity contribution in [2.24, 2.45) is 71.4 Å². The fraction of sp³-hybridized carbons (Fsp3) is 0.979. The van der Waals surface area contributed by atoms with E-state index in [9.17, 15) is 0 Å². The zero-order chi connectivity index (χ0) is 77.9. The fourth-order valence-corrected chi connectivity index (χ4v) is 12.9. The minimum atomic E-state index is 0. The first-order chi connectivity index (χ1) is 43.9. The molecule has 2 unspecified atom stereocenters. The molecule has 5 heterocycles. The first kappa shape index (κ1) is 134. The van der Waals surface area contributed by atoms with Gasteiger partial charge in [0.05, 0.1) is 63.2 Å². The Bertz CT molecular complexity index is 1670. The number of hydrogen-bond donors (Lipinski definition) is 0. The van der Waals surface area contributed by atoms with Crippen molar-refractivity contribution in [2.75, 3.05) is 87.9 Å². The third kappa shape index (κ3) is 114. The monoisotopic (exact) mass is 1530 g/mol. The standard InChI is InChI=1S/C10H22O2.C10H20O.4C9H18O.C9H20.C8H16O2.C8H18.C7H16O.8CH4/c1-10(2,3)6-9(7-11-4)8-12-5;1-9(2,3)8-10(4)6-5-7-11-10;3*1-9(2,3)7-8-5-4-6-10-8;1-8(10-5)6-7-9(2,3)4;1-8(2,3)7-9(4,5)6;1-8(2,3)6-7-9-4-5-10-7;1-7(2)6-8(3,4)5;1-7(2,3)5-6-8-4;;;;;;;;/h9H,6-8H2,1-5H3;5-8H2,1-4H3;3*8H,4-7H2,1-3H3;1,6-7H2,2-5H3;7H2,1-6H3;7H,4-6H2,1-3H3;7H,6H2,1-5H3;5-6H2,1-4H3;8*1H4/t;;2*8-;;;;;;;;;;;;;;/m..10............../s1. The summed E-state index contributed by atoms with van der Waals surface area (Å²) in [5.41, 5.74) is 4.88. The predicted molar refractivity (Wildman–Crippen MR) is 485 cm³/mol. The highest BCUT2D eigenvalue weighted by Gasteiger charge is 2.34. The summed E-state index contributed by atoms with van der Waals surface area (Å²) in [6, 6.07) is 0. The summed E-state index contributed by atoms with van der Waals surface area (Å²) in [5, 5.41) is 0. The molecular formula is C96H216O10. The molecular weight excluding hydrogens is 1310 g/mol. The van der Waals surface area contributed by atoms with Gasteiger partial charge in [0.2, 0.25) is 0 Å². The van der Waals surface area contributed by atoms with Crippen molar-refractivity contribution in [1.82, 2.24) is 0 Å². The molecule has 0 bridgehead atoms. The van der Waals surface area contributed by atoms with Crippen molar-refractivity contribution in [2.45, 2.75) is 461 Å². The lowest BCUT2D eigenvalue weighted by molar-refractivity contribution is -0.0654. The van der Waals surface area contributed by atoms with Gasteiger partial charge in [-0.05, 0) is 182 Å². The number of hydrogen-bond acceptors (Lipinski definition) is 10. The van der Waals surface area contributed by atoms with E-state index in [1.165, 1.54) is 89.9 Å². The molecule has 0 amide bonds. The summed E-state index contributed by atoms with van der Waals surface area (Å²) >= 11 is 0. The van der Waals surface area contributed by atoms with Crippen molar-refractivity contribution >= 4 is 0 Å². The van der Waals surface area contributed by atoms with Crippen LogP contribution in [-0.2, 0) is 47.4 Å². The number of ether oxygens (including phenoxy) is 10. The van der Waals surface area contributed by atoms with Gasteiger partial charge in [-0.25, -0.2) is 0 Å². The van der Waals surface area contributed by atoms with Gasteiger partial charge in [-0.2, -0.15) is 0 Å². The summed E-state index contributed by atoms with van der Waals surface area (Å²) in [6.07, 6.45) is 24.7. The van der Waals surface area contributed by atoms with Gasteiger partial charge in [0, 0.05) is 73.1 Å². The van der Waals surface area contributed by atoms with E-state index in [-0.39, 0.29) is 71.3 Å². The molecule has 0 aromatic rings. The Morgan fingerprint density at radius 1 is 0.377 bits per heavy atom. The third-order valence-corrected chi connectivity index (χ3v) is 15.6. The van der Waals surface area contributed by atoms with Gasteiger partial charge in [-0.15, -0.1) is 0 Å². The Morgan fingerprint density at radius 2 is 0.708 bits per heavy atom. The maximum absolute atomic E-state index is 5.72. The Kier molecular flexibility index (Phi) is 82.9. The molecule has 0 aromatic carbocycles. The zero-order valence-corrected chi connectivity index (χ0v) is 74.6. The fourth-order valence-electron chi connectivity index (χ4n) is 12.9. The topological polar surface area (TPSA) is 92.3 Å². The van der Waals surface area contributed by atoms with Crippen LogP contribution < -0.4 is 0 Å². The molecule has 0 aromatic heterocycles. The summed E-state index contributed by atoms with van der Waals surface area (Å²) < 4.78 is 53.0. The van der Waals surface area contributed by atoms with Crippen molar-refractivity contribution < 1.29 is 47.4 Å². The summed E-state index contributed by atoms with van der Waals surface area (Å²) in [5.74, 6) is 2.25. The lowest BCUT2D eigenvalue weighted by Gasteiger charge is -2.31. The number of rotatable bonds is 16. The summed E-state index contributed by atoms with van der Waals surface area (Å²) in [4.78, 5) is 0. The molecule has 0 N–H and O–H groups in total. The molecule has 5 saturated heterocycles. The van der Waals surface area contributed by atoms with Crippen molar-refractivity contribution in [3.8, 4) is 0 Å². The van der Waals surface area contributed by atoms with Crippen LogP contribution in [0.1, 0.15) is 431 Å². The van der Waals surface area contributed by atoms with Gasteiger partial charge < -0.3 is 47.4 Å². The minimum absolute atomic E-state index is 0. The lowest BCUT2D eigenvalue weighted by atomic mass is 9.78. The largest absolute Gasteiger partial charge is 0.502 e. The van der Waals surface area contributed by atoms with E-state index < -0.39 is 0 Å². The number of methoxy groups -OCH3 is 4. The Balaban J connectivity index is -0.0000000819. The molecule has 106 heavy (non-hydrogen) atoms. The van der Waals surface area contributed by atoms with Gasteiger partial charge in [-0.1, -0.05) is 308 Å². The molecule has 0 radical (unpaired) electrons. The second-order valence-corrected chi connectivity index (χ2v) is 43.4. The van der Waals surface area contributed by atoms with E-state index in [0.717, 1.165) is 103 Å². The Labute approximate surface area is 676 Å². The Morgan fingerprint density at radius 3 is 0.887 bits per heavy atom. The van der Waals surface area contributed by atoms with E-state index in [2.05, 4.69) is 256 Å². The SMILES string of the molecule is C.C.C.C.C.C.C.C.C=C(CCC(C)(C)C)OC.CC(C)(C)CC(C)(C)C.CC(C)(C)CC1(C)CCCO1.CC(C)(C)CC1CCCO1.CC(C)(C)CC1OCCO1.CC(C)(C)C[C@@H]1CCCO1.CC(C)(C)C[C@H]1CCCO1.CC(C)CC(C)(C)C.COCC(COC)CC(C)(C)C.COCCC(C)(C)C. The van der Waals surface area contributed by atoms with Crippen LogP contribution in [0.5, 0.6) is 0 Å². The van der Waals surface area contributed by atoms with Gasteiger partial charge in [-0.3, -0.25) is 0 Å². The van der Waals surface area contributed by atoms with Crippen molar-refractivity contribution in [3.05, 3.63) is 12.3 Å². The molecule has 0 aliphatic carbocycles. The predicted octanol–water partition coefficient (Wildman–Crippen LogP) is 31.6. The van der Waals surface area contributed by atoms with Gasteiger partial charge in [0.25, 0.3) is 0 Å². The second-order valence-electron chi connectivity index (χ2n) is 43.4. The molecule has 0 spiro atoms. The highest BCUT2D eigenvalue weighted by molar-refractivity contribution is 4.85. The molecule has 5 aliphatic rings. The first-order valence-corrected chi connectivity index (χ1v) is 39.3. The van der Waals surface area contributed by atoms with E-state index in [0.29, 0.717) is 83.8 Å². The zero-order valence-electron chi connectivity index (χ0n) is 74.6. The second kappa shape index (κ2) is 65.4. The molecule has 0 saturated carbocycles. The highest BCUT2D eigenvalue weighted by Crippen LogP contribution is 2.37. The minimum Gasteiger partial charge on any atom is -0.502 e. The third-order valence-electron chi connectivity index (χ3n) is 15.6. The maximum Gasteiger partial charge on any atom is 0.158 e. The van der Waals surface area contributed by atoms with Gasteiger partial charge in [0.15, 0.2) is 6.29 Å². The van der Waals surface area contributed by atoms with Crippen LogP contribution in [-0.4, -0.2) is 118 Å². The van der Waals surface area contributed by atoms with Crippen LogP contribution in [0.2, 0.25) is 0 Å². The van der Waals surface area contributed by atoms with E-state index >= 15 is 0 Å². The average molecular weight is 1530 g/mol. The normalized spacial score (nSPS) is 18.7. The average Bonchev–Trinajstić information content (AvgIpc) is 1.79. The molecule has 5 rings (SSSR count). The van der Waals surface area contributed by atoms with E-state index in [4.69, 9.17) is 47.4 Å². The van der Waals surface area contributed by atoms with Crippen molar-refractivity contribution in [1.29, 1.82) is 0 Å². The first-order valence-electron chi connectivity index (χ1n) is 39.3. The molecule has 4 atom stereocenters. The molecule has 5 aliphatic heterocycles. The van der Waals surface area contributed by atoms with Crippen LogP contribution in [0.3, 0.4) is 0 Å². The smallest absolute Gasteiger partial charge is 0.158 e. The van der Waals surface area contributed by atoms with Crippen LogP contribution >= 0.6 is 0 Å². The van der Waals surface area contributed by atoms with Crippen LogP contribution in [0.4, 0.5) is 0 Å². The molecule has 660 valence electrons. The summed E-state index contributed by atoms with van der Waals surface area (Å²) in [7, 11) is 6.90. The molecule has 5 fully saturated rings. The van der Waals surface area contributed by atoms with Gasteiger partial charge in [0.1, 0.15) is 0 Å².